The van der Waals surface area contributed by atoms with Gasteiger partial charge in [-0.2, -0.15) is 13.2 Å². The van der Waals surface area contributed by atoms with Crippen molar-refractivity contribution in [3.8, 4) is 11.3 Å². The van der Waals surface area contributed by atoms with Gasteiger partial charge in [0, 0.05) is 6.07 Å². The lowest BCUT2D eigenvalue weighted by atomic mass is 10.1. The zero-order valence-corrected chi connectivity index (χ0v) is 8.73. The molecule has 0 bridgehead atoms. The van der Waals surface area contributed by atoms with Crippen LogP contribution in [0.1, 0.15) is 5.56 Å². The summed E-state index contributed by atoms with van der Waals surface area (Å²) in [5, 5.41) is 10.8. The van der Waals surface area contributed by atoms with E-state index in [1.807, 2.05) is 0 Å². The highest BCUT2D eigenvalue weighted by Gasteiger charge is 2.33. The summed E-state index contributed by atoms with van der Waals surface area (Å²) in [6, 6.07) is 2.35. The van der Waals surface area contributed by atoms with Gasteiger partial charge in [-0.1, -0.05) is 0 Å². The van der Waals surface area contributed by atoms with Crippen molar-refractivity contribution in [3.63, 3.8) is 0 Å². The minimum atomic E-state index is -4.61. The van der Waals surface area contributed by atoms with Gasteiger partial charge in [-0.15, -0.1) is 0 Å². The molecule has 0 fully saturated rings. The van der Waals surface area contributed by atoms with Crippen LogP contribution in [-0.2, 0) is 6.18 Å². The number of imidazole rings is 1. The molecule has 1 aromatic carbocycles. The molecule has 0 amide bonds. The number of hydrogen-bond acceptors (Lipinski definition) is 3. The van der Waals surface area contributed by atoms with E-state index >= 15 is 0 Å². The van der Waals surface area contributed by atoms with Crippen molar-refractivity contribution < 1.29 is 18.1 Å². The Balaban J connectivity index is 2.59. The maximum atomic E-state index is 12.5. The number of hydrogen-bond donors (Lipinski definition) is 1. The number of nitro groups is 1. The fraction of sp³-hybridized carbons (Fsp3) is 0.100. The number of aromatic amines is 1. The van der Waals surface area contributed by atoms with E-state index in [0.717, 1.165) is 12.1 Å². The molecular weight excluding hydrogens is 251 g/mol. The van der Waals surface area contributed by atoms with E-state index in [4.69, 9.17) is 0 Å². The van der Waals surface area contributed by atoms with E-state index < -0.39 is 22.4 Å². The first-order valence-corrected chi connectivity index (χ1v) is 4.74. The topological polar surface area (TPSA) is 71.8 Å². The van der Waals surface area contributed by atoms with Crippen molar-refractivity contribution in [2.24, 2.45) is 0 Å². The summed E-state index contributed by atoms with van der Waals surface area (Å²) in [5.41, 5.74) is -1.33. The molecule has 0 aliphatic heterocycles. The van der Waals surface area contributed by atoms with Crippen molar-refractivity contribution in [1.82, 2.24) is 9.97 Å². The van der Waals surface area contributed by atoms with E-state index in [9.17, 15) is 23.3 Å². The minimum absolute atomic E-state index is 0.0606. The SMILES string of the molecule is O=[N+]([O-])c1cc(C(F)(F)F)ccc1-c1cnc[nH]1. The third-order valence-electron chi connectivity index (χ3n) is 2.31. The standard InChI is InChI=1S/C10H6F3N3O2/c11-10(12,13)6-1-2-7(8-4-14-5-15-8)9(3-6)16(17)18/h1-5H,(H,14,15). The molecule has 8 heteroatoms. The molecule has 0 aliphatic carbocycles. The van der Waals surface area contributed by atoms with Gasteiger partial charge < -0.3 is 4.98 Å². The highest BCUT2D eigenvalue weighted by atomic mass is 19.4. The predicted octanol–water partition coefficient (Wildman–Crippen LogP) is 3.00. The lowest BCUT2D eigenvalue weighted by Crippen LogP contribution is -2.06. The van der Waals surface area contributed by atoms with Gasteiger partial charge in [0.25, 0.3) is 5.69 Å². The van der Waals surface area contributed by atoms with Crippen LogP contribution in [0.4, 0.5) is 18.9 Å². The summed E-state index contributed by atoms with van der Waals surface area (Å²) in [4.78, 5) is 16.2. The average Bonchev–Trinajstić information content (AvgIpc) is 2.80. The molecule has 0 spiro atoms. The molecule has 0 radical (unpaired) electrons. The van der Waals surface area contributed by atoms with Crippen molar-refractivity contribution in [3.05, 3.63) is 46.4 Å². The van der Waals surface area contributed by atoms with Crippen LogP contribution in [0.5, 0.6) is 0 Å². The lowest BCUT2D eigenvalue weighted by molar-refractivity contribution is -0.384. The molecule has 0 aliphatic rings. The molecule has 1 N–H and O–H groups in total. The molecular formula is C10H6F3N3O2. The smallest absolute Gasteiger partial charge is 0.344 e. The second-order valence-corrected chi connectivity index (χ2v) is 3.45. The summed E-state index contributed by atoms with van der Waals surface area (Å²) in [6.07, 6.45) is -2.02. The monoisotopic (exact) mass is 257 g/mol. The lowest BCUT2D eigenvalue weighted by Gasteiger charge is -2.07. The maximum Gasteiger partial charge on any atom is 0.416 e. The van der Waals surface area contributed by atoms with Crippen LogP contribution in [0.3, 0.4) is 0 Å². The van der Waals surface area contributed by atoms with E-state index in [1.165, 1.54) is 12.5 Å². The number of alkyl halides is 3. The number of nitro benzene ring substituents is 1. The Morgan fingerprint density at radius 2 is 2.06 bits per heavy atom. The average molecular weight is 257 g/mol. The van der Waals surface area contributed by atoms with E-state index in [1.54, 1.807) is 0 Å². The second kappa shape index (κ2) is 4.13. The Bertz CT molecular complexity index is 579. The Kier molecular flexibility index (Phi) is 2.77. The minimum Gasteiger partial charge on any atom is -0.344 e. The number of nitrogens with zero attached hydrogens (tertiary/aromatic N) is 2. The van der Waals surface area contributed by atoms with Crippen molar-refractivity contribution in [2.45, 2.75) is 6.18 Å². The number of H-pyrrole nitrogens is 1. The largest absolute Gasteiger partial charge is 0.416 e. The highest BCUT2D eigenvalue weighted by Crippen LogP contribution is 2.36. The molecule has 0 unspecified atom stereocenters. The molecule has 1 aromatic heterocycles. The number of nitrogens with one attached hydrogen (secondary N) is 1. The number of rotatable bonds is 2. The van der Waals surface area contributed by atoms with Crippen molar-refractivity contribution in [2.75, 3.05) is 0 Å². The Labute approximate surface area is 98.4 Å². The first-order valence-electron chi connectivity index (χ1n) is 4.74. The molecule has 2 rings (SSSR count). The van der Waals surface area contributed by atoms with Gasteiger partial charge in [-0.25, -0.2) is 4.98 Å². The molecule has 0 saturated heterocycles. The summed E-state index contributed by atoms with van der Waals surface area (Å²) in [6.45, 7) is 0. The fourth-order valence-corrected chi connectivity index (χ4v) is 1.49. The molecule has 1 heterocycles. The van der Waals surface area contributed by atoms with Gasteiger partial charge in [0.1, 0.15) is 0 Å². The summed E-state index contributed by atoms with van der Waals surface area (Å²) >= 11 is 0. The van der Waals surface area contributed by atoms with Crippen LogP contribution in [-0.4, -0.2) is 14.9 Å². The summed E-state index contributed by atoms with van der Waals surface area (Å²) in [5.74, 6) is 0. The van der Waals surface area contributed by atoms with Crippen molar-refractivity contribution >= 4 is 5.69 Å². The van der Waals surface area contributed by atoms with Gasteiger partial charge in [0.2, 0.25) is 0 Å². The molecule has 18 heavy (non-hydrogen) atoms. The van der Waals surface area contributed by atoms with Gasteiger partial charge in [0.15, 0.2) is 0 Å². The number of aromatic nitrogens is 2. The van der Waals surface area contributed by atoms with Gasteiger partial charge in [-0.05, 0) is 12.1 Å². The Hall–Kier alpha value is -2.38. The Morgan fingerprint density at radius 3 is 2.56 bits per heavy atom. The Morgan fingerprint density at radius 1 is 1.33 bits per heavy atom. The maximum absolute atomic E-state index is 12.5. The first kappa shape index (κ1) is 12.1. The number of benzene rings is 1. The van der Waals surface area contributed by atoms with Gasteiger partial charge in [-0.3, -0.25) is 10.1 Å². The van der Waals surface area contributed by atoms with Gasteiger partial charge >= 0.3 is 6.18 Å². The molecule has 94 valence electrons. The first-order chi connectivity index (χ1) is 8.39. The fourth-order valence-electron chi connectivity index (χ4n) is 1.49. The van der Waals surface area contributed by atoms with Crippen LogP contribution in [0.25, 0.3) is 11.3 Å². The number of halogens is 3. The molecule has 0 saturated carbocycles. The van der Waals surface area contributed by atoms with E-state index in [2.05, 4.69) is 9.97 Å². The predicted molar refractivity (Wildman–Crippen MR) is 55.7 cm³/mol. The normalized spacial score (nSPS) is 11.5. The van der Waals surface area contributed by atoms with E-state index in [-0.39, 0.29) is 11.3 Å². The molecule has 0 atom stereocenters. The van der Waals surface area contributed by atoms with Crippen molar-refractivity contribution in [1.29, 1.82) is 0 Å². The zero-order valence-electron chi connectivity index (χ0n) is 8.73. The van der Waals surface area contributed by atoms with Gasteiger partial charge in [0.05, 0.1) is 34.3 Å². The van der Waals surface area contributed by atoms with Crippen LogP contribution < -0.4 is 0 Å². The highest BCUT2D eigenvalue weighted by molar-refractivity contribution is 5.70. The second-order valence-electron chi connectivity index (χ2n) is 3.45. The third kappa shape index (κ3) is 2.17. The quantitative estimate of drug-likeness (QED) is 0.664. The summed E-state index contributed by atoms with van der Waals surface area (Å²) < 4.78 is 37.4. The third-order valence-corrected chi connectivity index (χ3v) is 2.31. The van der Waals surface area contributed by atoms with Crippen LogP contribution in [0.2, 0.25) is 0 Å². The van der Waals surface area contributed by atoms with Crippen LogP contribution in [0, 0.1) is 10.1 Å². The van der Waals surface area contributed by atoms with E-state index in [0.29, 0.717) is 6.07 Å². The molecule has 2 aromatic rings. The molecule has 5 nitrogen and oxygen atoms in total. The van der Waals surface area contributed by atoms with Crippen LogP contribution in [0.15, 0.2) is 30.7 Å². The van der Waals surface area contributed by atoms with Crippen LogP contribution >= 0.6 is 0 Å². The summed E-state index contributed by atoms with van der Waals surface area (Å²) in [7, 11) is 0. The zero-order chi connectivity index (χ0) is 13.3.